The highest BCUT2D eigenvalue weighted by atomic mass is 16.5. The first-order valence-electron chi connectivity index (χ1n) is 7.73. The van der Waals surface area contributed by atoms with Crippen LogP contribution < -0.4 is 5.32 Å². The molecule has 0 aliphatic heterocycles. The van der Waals surface area contributed by atoms with Gasteiger partial charge in [0.2, 0.25) is 0 Å². The zero-order valence-corrected chi connectivity index (χ0v) is 13.0. The number of nitrogens with one attached hydrogen (secondary N) is 1. The second-order valence-corrected chi connectivity index (χ2v) is 6.20. The molecule has 1 aromatic heterocycles. The van der Waals surface area contributed by atoms with Gasteiger partial charge in [-0.3, -0.25) is 0 Å². The van der Waals surface area contributed by atoms with E-state index in [4.69, 9.17) is 4.74 Å². The van der Waals surface area contributed by atoms with Gasteiger partial charge in [0.15, 0.2) is 5.82 Å². The minimum absolute atomic E-state index is 0.248. The molecule has 4 heteroatoms. The molecule has 0 bridgehead atoms. The van der Waals surface area contributed by atoms with Gasteiger partial charge in [0, 0.05) is 31.6 Å². The number of nitrogens with zero attached hydrogens (tertiary/aromatic N) is 2. The smallest absolute Gasteiger partial charge is 0.160 e. The zero-order chi connectivity index (χ0) is 14.4. The average molecular weight is 277 g/mol. The van der Waals surface area contributed by atoms with Gasteiger partial charge in [0.1, 0.15) is 5.60 Å². The fourth-order valence-electron chi connectivity index (χ4n) is 2.83. The maximum atomic E-state index is 5.78. The van der Waals surface area contributed by atoms with Crippen molar-refractivity contribution in [3.63, 3.8) is 0 Å². The van der Waals surface area contributed by atoms with E-state index in [0.717, 1.165) is 37.3 Å². The number of ether oxygens (including phenoxy) is 1. The zero-order valence-electron chi connectivity index (χ0n) is 13.0. The lowest BCUT2D eigenvalue weighted by Gasteiger charge is -2.34. The summed E-state index contributed by atoms with van der Waals surface area (Å²) in [7, 11) is 1.78. The highest BCUT2D eigenvalue weighted by Crippen LogP contribution is 2.37. The Kier molecular flexibility index (Phi) is 5.49. The van der Waals surface area contributed by atoms with Crippen molar-refractivity contribution < 1.29 is 4.74 Å². The van der Waals surface area contributed by atoms with Gasteiger partial charge in [-0.15, -0.1) is 0 Å². The van der Waals surface area contributed by atoms with Crippen LogP contribution in [0.2, 0.25) is 0 Å². The minimum atomic E-state index is -0.248. The van der Waals surface area contributed by atoms with E-state index in [0.29, 0.717) is 5.92 Å². The first-order valence-corrected chi connectivity index (χ1v) is 7.73. The molecule has 1 fully saturated rings. The average Bonchev–Trinajstić information content (AvgIpc) is 2.48. The Morgan fingerprint density at radius 2 is 1.85 bits per heavy atom. The minimum Gasteiger partial charge on any atom is -0.370 e. The van der Waals surface area contributed by atoms with Crippen molar-refractivity contribution >= 4 is 0 Å². The van der Waals surface area contributed by atoms with Crippen LogP contribution in [0.1, 0.15) is 57.3 Å². The van der Waals surface area contributed by atoms with Crippen molar-refractivity contribution in [3.8, 4) is 0 Å². The molecular weight excluding hydrogens is 250 g/mol. The Morgan fingerprint density at radius 1 is 1.20 bits per heavy atom. The van der Waals surface area contributed by atoms with E-state index in [1.165, 1.54) is 19.3 Å². The quantitative estimate of drug-likeness (QED) is 0.868. The van der Waals surface area contributed by atoms with E-state index >= 15 is 0 Å². The van der Waals surface area contributed by atoms with Crippen molar-refractivity contribution in [2.45, 2.75) is 58.1 Å². The SMILES string of the molecule is COC1(c2ncc(CNCC(C)C)cn2)CCCCC1. The van der Waals surface area contributed by atoms with E-state index in [1.807, 2.05) is 12.4 Å². The monoisotopic (exact) mass is 277 g/mol. The van der Waals surface area contributed by atoms with Crippen molar-refractivity contribution in [1.82, 2.24) is 15.3 Å². The molecule has 0 aromatic carbocycles. The number of methoxy groups -OCH3 is 1. The summed E-state index contributed by atoms with van der Waals surface area (Å²) in [5.74, 6) is 1.52. The van der Waals surface area contributed by atoms with Crippen LogP contribution in [0.5, 0.6) is 0 Å². The summed E-state index contributed by atoms with van der Waals surface area (Å²) in [4.78, 5) is 9.13. The molecule has 0 radical (unpaired) electrons. The number of hydrogen-bond acceptors (Lipinski definition) is 4. The van der Waals surface area contributed by atoms with Gasteiger partial charge in [0.25, 0.3) is 0 Å². The molecular formula is C16H27N3O. The summed E-state index contributed by atoms with van der Waals surface area (Å²) in [5, 5.41) is 3.41. The van der Waals surface area contributed by atoms with Crippen LogP contribution in [0, 0.1) is 5.92 Å². The lowest BCUT2D eigenvalue weighted by Crippen LogP contribution is -2.33. The van der Waals surface area contributed by atoms with Gasteiger partial charge in [-0.1, -0.05) is 33.1 Å². The van der Waals surface area contributed by atoms with Gasteiger partial charge < -0.3 is 10.1 Å². The van der Waals surface area contributed by atoms with Gasteiger partial charge in [-0.25, -0.2) is 9.97 Å². The molecule has 20 heavy (non-hydrogen) atoms. The van der Waals surface area contributed by atoms with Crippen LogP contribution in [-0.2, 0) is 16.9 Å². The van der Waals surface area contributed by atoms with Crippen LogP contribution >= 0.6 is 0 Å². The van der Waals surface area contributed by atoms with Crippen LogP contribution in [0.3, 0.4) is 0 Å². The van der Waals surface area contributed by atoms with E-state index < -0.39 is 0 Å². The topological polar surface area (TPSA) is 47.0 Å². The van der Waals surface area contributed by atoms with Crippen LogP contribution in [-0.4, -0.2) is 23.6 Å². The Labute approximate surface area is 122 Å². The summed E-state index contributed by atoms with van der Waals surface area (Å²) in [5.41, 5.74) is 0.888. The third kappa shape index (κ3) is 3.76. The third-order valence-corrected chi connectivity index (χ3v) is 4.05. The summed E-state index contributed by atoms with van der Waals surface area (Å²) in [6.07, 6.45) is 9.64. The second-order valence-electron chi connectivity index (χ2n) is 6.20. The van der Waals surface area contributed by atoms with Gasteiger partial charge in [0.05, 0.1) is 0 Å². The van der Waals surface area contributed by atoms with E-state index in [1.54, 1.807) is 7.11 Å². The lowest BCUT2D eigenvalue weighted by atomic mass is 9.84. The molecule has 112 valence electrons. The van der Waals surface area contributed by atoms with Gasteiger partial charge in [-0.2, -0.15) is 0 Å². The molecule has 1 aliphatic rings. The predicted molar refractivity (Wildman–Crippen MR) is 80.3 cm³/mol. The van der Waals surface area contributed by atoms with Crippen LogP contribution in [0.15, 0.2) is 12.4 Å². The molecule has 1 saturated carbocycles. The lowest BCUT2D eigenvalue weighted by molar-refractivity contribution is -0.0515. The predicted octanol–water partition coefficient (Wildman–Crippen LogP) is 3.03. The van der Waals surface area contributed by atoms with Gasteiger partial charge >= 0.3 is 0 Å². The maximum absolute atomic E-state index is 5.78. The summed E-state index contributed by atoms with van der Waals surface area (Å²) >= 11 is 0. The fourth-order valence-corrected chi connectivity index (χ4v) is 2.83. The Morgan fingerprint density at radius 3 is 2.40 bits per heavy atom. The molecule has 1 heterocycles. The van der Waals surface area contributed by atoms with E-state index in [-0.39, 0.29) is 5.60 Å². The number of hydrogen-bond donors (Lipinski definition) is 1. The summed E-state index contributed by atoms with van der Waals surface area (Å²) in [6.45, 7) is 6.26. The van der Waals surface area contributed by atoms with E-state index in [2.05, 4.69) is 29.1 Å². The molecule has 2 rings (SSSR count). The van der Waals surface area contributed by atoms with Crippen molar-refractivity contribution in [2.75, 3.05) is 13.7 Å². The molecule has 0 spiro atoms. The van der Waals surface area contributed by atoms with Crippen LogP contribution in [0.4, 0.5) is 0 Å². The Balaban J connectivity index is 1.99. The first-order chi connectivity index (χ1) is 9.66. The summed E-state index contributed by atoms with van der Waals surface area (Å²) in [6, 6.07) is 0. The molecule has 1 aromatic rings. The van der Waals surface area contributed by atoms with Crippen molar-refractivity contribution in [2.24, 2.45) is 5.92 Å². The maximum Gasteiger partial charge on any atom is 0.160 e. The highest BCUT2D eigenvalue weighted by Gasteiger charge is 2.36. The standard InChI is InChI=1S/C16H27N3O/c1-13(2)9-17-10-14-11-18-15(19-12-14)16(20-3)7-5-4-6-8-16/h11-13,17H,4-10H2,1-3H3. The summed E-state index contributed by atoms with van der Waals surface area (Å²) < 4.78 is 5.78. The van der Waals surface area contributed by atoms with Crippen molar-refractivity contribution in [3.05, 3.63) is 23.8 Å². The van der Waals surface area contributed by atoms with E-state index in [9.17, 15) is 0 Å². The molecule has 4 nitrogen and oxygen atoms in total. The molecule has 0 amide bonds. The first kappa shape index (κ1) is 15.4. The molecule has 1 N–H and O–H groups in total. The normalized spacial score (nSPS) is 18.4. The van der Waals surface area contributed by atoms with Gasteiger partial charge in [-0.05, 0) is 25.3 Å². The molecule has 0 atom stereocenters. The molecule has 1 aliphatic carbocycles. The Hall–Kier alpha value is -1.00. The second kappa shape index (κ2) is 7.14. The Bertz CT molecular complexity index is 397. The largest absolute Gasteiger partial charge is 0.370 e. The molecule has 0 saturated heterocycles. The van der Waals surface area contributed by atoms with Crippen molar-refractivity contribution in [1.29, 1.82) is 0 Å². The number of aromatic nitrogens is 2. The third-order valence-electron chi connectivity index (χ3n) is 4.05. The fraction of sp³-hybridized carbons (Fsp3) is 0.750. The number of rotatable bonds is 6. The van der Waals surface area contributed by atoms with Crippen LogP contribution in [0.25, 0.3) is 0 Å². The molecule has 0 unspecified atom stereocenters. The highest BCUT2D eigenvalue weighted by molar-refractivity contribution is 5.10.